The van der Waals surface area contributed by atoms with E-state index in [9.17, 15) is 10.1 Å². The molecular formula is C22H31BN4O2. The van der Waals surface area contributed by atoms with Gasteiger partial charge in [-0.05, 0) is 63.4 Å². The summed E-state index contributed by atoms with van der Waals surface area (Å²) in [6.07, 6.45) is 7.41. The van der Waals surface area contributed by atoms with Gasteiger partial charge in [0.05, 0.1) is 11.3 Å². The predicted octanol–water partition coefficient (Wildman–Crippen LogP) is 2.50. The van der Waals surface area contributed by atoms with Gasteiger partial charge in [-0.2, -0.15) is 5.10 Å². The fourth-order valence-electron chi connectivity index (χ4n) is 6.54. The number of hydrazone groups is 1. The molecule has 5 atom stereocenters. The minimum Gasteiger partial charge on any atom is -0.428 e. The maximum Gasteiger partial charge on any atom is 0.468 e. The molecule has 0 saturated heterocycles. The molecule has 29 heavy (non-hydrogen) atoms. The summed E-state index contributed by atoms with van der Waals surface area (Å²) < 4.78 is 0. The highest BCUT2D eigenvalue weighted by Gasteiger charge is 2.51. The summed E-state index contributed by atoms with van der Waals surface area (Å²) in [7, 11) is -0.790. The Morgan fingerprint density at radius 1 is 1.28 bits per heavy atom. The number of fused-ring (bicyclic) bond motifs is 5. The lowest BCUT2D eigenvalue weighted by atomic mass is 9.55. The Morgan fingerprint density at radius 2 is 2.07 bits per heavy atom. The van der Waals surface area contributed by atoms with E-state index in [0.29, 0.717) is 17.8 Å². The molecule has 5 rings (SSSR count). The summed E-state index contributed by atoms with van der Waals surface area (Å²) in [5, 5.41) is 28.3. The normalized spacial score (nSPS) is 34.5. The molecule has 6 nitrogen and oxygen atoms in total. The van der Waals surface area contributed by atoms with Gasteiger partial charge in [-0.3, -0.25) is 0 Å². The molecule has 0 amide bonds. The molecule has 2 aromatic heterocycles. The van der Waals surface area contributed by atoms with Crippen LogP contribution in [0.3, 0.4) is 0 Å². The zero-order valence-electron chi connectivity index (χ0n) is 17.8. The quantitative estimate of drug-likeness (QED) is 0.684. The lowest BCUT2D eigenvalue weighted by Crippen LogP contribution is -2.57. The van der Waals surface area contributed by atoms with E-state index in [2.05, 4.69) is 37.7 Å². The second-order valence-electron chi connectivity index (χ2n) is 10.1. The molecule has 3 aliphatic rings. The Kier molecular flexibility index (Phi) is 4.34. The Bertz CT molecular complexity index is 969. The first-order chi connectivity index (χ1) is 13.8. The molecule has 3 N–H and O–H groups in total. The van der Waals surface area contributed by atoms with E-state index in [1.165, 1.54) is 0 Å². The minimum atomic E-state index is -0.790. The van der Waals surface area contributed by atoms with Crippen molar-refractivity contribution in [2.24, 2.45) is 28.8 Å². The van der Waals surface area contributed by atoms with Crippen LogP contribution >= 0.6 is 0 Å². The van der Waals surface area contributed by atoms with Crippen molar-refractivity contribution >= 4 is 29.3 Å². The zero-order valence-corrected chi connectivity index (χ0v) is 17.8. The number of H-pyrrole nitrogens is 1. The molecule has 3 heterocycles. The number of aromatic amines is 1. The van der Waals surface area contributed by atoms with Crippen LogP contribution in [0.1, 0.15) is 58.9 Å². The molecule has 154 valence electrons. The van der Waals surface area contributed by atoms with Gasteiger partial charge in [-0.1, -0.05) is 13.8 Å². The average molecular weight is 394 g/mol. The molecule has 2 bridgehead atoms. The Balaban J connectivity index is 1.68. The zero-order chi connectivity index (χ0) is 20.5. The fraction of sp³-hybridized carbons (Fsp3) is 0.636. The van der Waals surface area contributed by atoms with Gasteiger partial charge in [0.15, 0.2) is 0 Å². The van der Waals surface area contributed by atoms with Crippen LogP contribution in [-0.4, -0.2) is 49.4 Å². The van der Waals surface area contributed by atoms with Crippen molar-refractivity contribution in [3.05, 3.63) is 24.0 Å². The summed E-state index contributed by atoms with van der Waals surface area (Å²) in [4.78, 5) is 9.57. The van der Waals surface area contributed by atoms with Crippen LogP contribution in [0.25, 0.3) is 11.0 Å². The molecular weight excluding hydrogens is 363 g/mol. The molecule has 2 aliphatic carbocycles. The third-order valence-corrected chi connectivity index (χ3v) is 7.37. The van der Waals surface area contributed by atoms with Crippen molar-refractivity contribution in [1.82, 2.24) is 14.9 Å². The largest absolute Gasteiger partial charge is 0.468 e. The van der Waals surface area contributed by atoms with Crippen LogP contribution in [0.2, 0.25) is 0 Å². The monoisotopic (exact) mass is 394 g/mol. The van der Waals surface area contributed by atoms with Gasteiger partial charge in [0.25, 0.3) is 0 Å². The van der Waals surface area contributed by atoms with Crippen LogP contribution in [0, 0.1) is 23.7 Å². The lowest BCUT2D eigenvalue weighted by Gasteiger charge is -2.52. The molecule has 2 aromatic rings. The highest BCUT2D eigenvalue weighted by molar-refractivity contribution is 6.66. The number of pyridine rings is 1. The third-order valence-electron chi connectivity index (χ3n) is 7.37. The van der Waals surface area contributed by atoms with E-state index in [1.807, 2.05) is 17.2 Å². The number of aromatic nitrogens is 2. The van der Waals surface area contributed by atoms with Crippen LogP contribution < -0.4 is 5.46 Å². The number of hydrogen-bond donors (Lipinski definition) is 3. The first-order valence-electron chi connectivity index (χ1n) is 11.0. The highest BCUT2D eigenvalue weighted by Crippen LogP contribution is 2.51. The average Bonchev–Trinajstić information content (AvgIpc) is 3.10. The fourth-order valence-corrected chi connectivity index (χ4v) is 6.54. The summed E-state index contributed by atoms with van der Waals surface area (Å²) in [5.41, 5.74) is 3.25. The minimum absolute atomic E-state index is 0.0798. The van der Waals surface area contributed by atoms with Crippen molar-refractivity contribution in [3.8, 4) is 0 Å². The molecule has 1 unspecified atom stereocenters. The van der Waals surface area contributed by atoms with Gasteiger partial charge in [-0.25, -0.2) is 4.98 Å². The third kappa shape index (κ3) is 2.93. The number of rotatable bonds is 2. The molecule has 0 spiro atoms. The predicted molar refractivity (Wildman–Crippen MR) is 116 cm³/mol. The molecule has 0 radical (unpaired) electrons. The summed E-state index contributed by atoms with van der Waals surface area (Å²) in [6, 6.07) is 2.12. The van der Waals surface area contributed by atoms with Gasteiger partial charge < -0.3 is 20.0 Å². The lowest BCUT2D eigenvalue weighted by molar-refractivity contribution is -0.0918. The van der Waals surface area contributed by atoms with Crippen molar-refractivity contribution in [1.29, 1.82) is 0 Å². The van der Waals surface area contributed by atoms with Crippen molar-refractivity contribution in [3.63, 3.8) is 0 Å². The summed E-state index contributed by atoms with van der Waals surface area (Å²) >= 11 is 0. The summed E-state index contributed by atoms with van der Waals surface area (Å²) in [5.74, 6) is 1.54. The maximum atomic E-state index is 11.2. The topological polar surface area (TPSA) is 84.7 Å². The number of nitrogens with zero attached hydrogens (tertiary/aromatic N) is 3. The van der Waals surface area contributed by atoms with E-state index < -0.39 is 12.7 Å². The van der Waals surface area contributed by atoms with Crippen molar-refractivity contribution < 1.29 is 10.1 Å². The van der Waals surface area contributed by atoms with E-state index in [0.717, 1.165) is 53.5 Å². The summed E-state index contributed by atoms with van der Waals surface area (Å²) in [6.45, 7) is 8.64. The highest BCUT2D eigenvalue weighted by atomic mass is 16.3. The van der Waals surface area contributed by atoms with Crippen LogP contribution in [0.15, 0.2) is 23.6 Å². The number of hydrogen-bond acceptors (Lipinski definition) is 5. The molecule has 2 saturated carbocycles. The Morgan fingerprint density at radius 3 is 2.83 bits per heavy atom. The molecule has 1 aliphatic heterocycles. The SMILES string of the molecule is CC1C[C@H]2C[C@@](O)(C1)C[C@@H](C)[C@@H]2C1=NN(C(C)C)B(O)c2cnc3[nH]ccc3c21. The van der Waals surface area contributed by atoms with Gasteiger partial charge in [-0.15, -0.1) is 0 Å². The first kappa shape index (κ1) is 19.1. The second-order valence-corrected chi connectivity index (χ2v) is 10.1. The van der Waals surface area contributed by atoms with E-state index in [-0.39, 0.29) is 12.0 Å². The van der Waals surface area contributed by atoms with Gasteiger partial charge in [0.2, 0.25) is 0 Å². The number of aliphatic hydroxyl groups is 1. The van der Waals surface area contributed by atoms with E-state index in [4.69, 9.17) is 5.10 Å². The van der Waals surface area contributed by atoms with Crippen LogP contribution in [0.4, 0.5) is 0 Å². The smallest absolute Gasteiger partial charge is 0.428 e. The number of nitrogens with one attached hydrogen (secondary N) is 1. The van der Waals surface area contributed by atoms with Gasteiger partial charge in [0.1, 0.15) is 5.65 Å². The standard InChI is InChI=1S/C22H31BN4O2/c1-12(2)27-23(29)17-11-25-21-16(5-6-24-21)19(17)20(26-27)18-14(4)9-22(28)8-13(3)7-15(18)10-22/h5-6,11-15,18,28-29H,7-10H2,1-4H3,(H,24,25)/t13?,14-,15+,18+,22-/m1/s1. The van der Waals surface area contributed by atoms with Crippen molar-refractivity contribution in [2.45, 2.75) is 65.0 Å². The maximum absolute atomic E-state index is 11.2. The molecule has 2 fully saturated rings. The molecule has 7 heteroatoms. The van der Waals surface area contributed by atoms with E-state index in [1.54, 1.807) is 6.20 Å². The second kappa shape index (κ2) is 6.57. The molecule has 0 aromatic carbocycles. The van der Waals surface area contributed by atoms with Crippen LogP contribution in [-0.2, 0) is 0 Å². The first-order valence-corrected chi connectivity index (χ1v) is 11.0. The van der Waals surface area contributed by atoms with E-state index >= 15 is 0 Å². The Hall–Kier alpha value is -1.86. The van der Waals surface area contributed by atoms with Gasteiger partial charge in [0, 0.05) is 40.8 Å². The van der Waals surface area contributed by atoms with Gasteiger partial charge >= 0.3 is 7.05 Å². The Labute approximate surface area is 172 Å². The van der Waals surface area contributed by atoms with Crippen molar-refractivity contribution in [2.75, 3.05) is 0 Å². The van der Waals surface area contributed by atoms with Crippen LogP contribution in [0.5, 0.6) is 0 Å².